The van der Waals surface area contributed by atoms with Gasteiger partial charge in [0.2, 0.25) is 0 Å². The lowest BCUT2D eigenvalue weighted by molar-refractivity contribution is 0.0578. The zero-order valence-corrected chi connectivity index (χ0v) is 21.4. The van der Waals surface area contributed by atoms with Gasteiger partial charge >= 0.3 is 0 Å². The van der Waals surface area contributed by atoms with E-state index in [9.17, 15) is 13.9 Å². The fourth-order valence-corrected chi connectivity index (χ4v) is 5.16. The molecule has 1 N–H and O–H groups in total. The zero-order valence-electron chi connectivity index (χ0n) is 21.4. The number of hydrogen-bond acceptors (Lipinski definition) is 6. The van der Waals surface area contributed by atoms with E-state index in [2.05, 4.69) is 34.1 Å². The van der Waals surface area contributed by atoms with Crippen LogP contribution in [0.1, 0.15) is 69.8 Å². The number of fused-ring (bicyclic) bond motifs is 1. The lowest BCUT2D eigenvalue weighted by Crippen LogP contribution is -2.33. The van der Waals surface area contributed by atoms with Gasteiger partial charge in [-0.25, -0.2) is 13.8 Å². The molecule has 4 aromatic rings. The molecule has 7 nitrogen and oxygen atoms in total. The van der Waals surface area contributed by atoms with Crippen LogP contribution in [0.4, 0.5) is 8.78 Å². The van der Waals surface area contributed by atoms with Crippen molar-refractivity contribution in [1.29, 1.82) is 0 Å². The molecule has 0 saturated carbocycles. The third kappa shape index (κ3) is 4.75. The molecule has 192 valence electrons. The van der Waals surface area contributed by atoms with Crippen molar-refractivity contribution < 1.29 is 13.9 Å². The molecule has 0 spiro atoms. The molecule has 3 aromatic heterocycles. The van der Waals surface area contributed by atoms with Crippen molar-refractivity contribution >= 4 is 0 Å². The van der Waals surface area contributed by atoms with Crippen molar-refractivity contribution in [2.45, 2.75) is 70.4 Å². The molecule has 2 atom stereocenters. The Balaban J connectivity index is 1.56. The van der Waals surface area contributed by atoms with Crippen molar-refractivity contribution in [3.05, 3.63) is 77.5 Å². The van der Waals surface area contributed by atoms with Gasteiger partial charge in [0.1, 0.15) is 23.0 Å². The molecule has 0 bridgehead atoms. The summed E-state index contributed by atoms with van der Waals surface area (Å²) in [6, 6.07) is 7.42. The Hall–Kier alpha value is -3.59. The molecule has 5 rings (SSSR count). The number of hydrogen-bond donors (Lipinski definition) is 1. The highest BCUT2D eigenvalue weighted by molar-refractivity contribution is 5.62. The van der Waals surface area contributed by atoms with Gasteiger partial charge < -0.3 is 5.11 Å². The van der Waals surface area contributed by atoms with Gasteiger partial charge in [0.15, 0.2) is 0 Å². The van der Waals surface area contributed by atoms with E-state index < -0.39 is 22.7 Å². The first kappa shape index (κ1) is 25.1. The first-order valence-corrected chi connectivity index (χ1v) is 12.5. The third-order valence-corrected chi connectivity index (χ3v) is 7.14. The Kier molecular flexibility index (Phi) is 6.35. The van der Waals surface area contributed by atoms with Crippen LogP contribution in [0.3, 0.4) is 0 Å². The van der Waals surface area contributed by atoms with Gasteiger partial charge in [-0.05, 0) is 75.8 Å². The fourth-order valence-electron chi connectivity index (χ4n) is 5.16. The first-order valence-electron chi connectivity index (χ1n) is 12.5. The molecule has 1 aromatic carbocycles. The van der Waals surface area contributed by atoms with E-state index in [1.165, 1.54) is 18.2 Å². The highest BCUT2D eigenvalue weighted by Gasteiger charge is 2.41. The normalized spacial score (nSPS) is 19.6. The van der Waals surface area contributed by atoms with Gasteiger partial charge in [-0.2, -0.15) is 10.2 Å². The standard InChI is InChI=1S/C28H30F2N6O/c1-5-17-9-11-28(4,26-18(17)13-22(33-34-26)25-19(29)7-6-8-20(25)30)24-15-31-14-23(32-24)21-10-12-36(35-21)16-27(2,3)37/h6-8,10,12-15,17,37H,5,9,11,16H2,1-4H3/t17-,28+/m1/s1. The number of halogens is 2. The Morgan fingerprint density at radius 2 is 1.84 bits per heavy atom. The quantitative estimate of drug-likeness (QED) is 0.376. The maximum absolute atomic E-state index is 14.5. The SMILES string of the molecule is CC[C@@H]1CC[C@@](C)(c2cncc(-c3ccn(CC(C)(C)O)n3)n2)c2nnc(-c3c(F)cccc3F)cc21. The minimum atomic E-state index is -0.894. The number of benzene rings is 1. The van der Waals surface area contributed by atoms with E-state index in [1.807, 2.05) is 6.07 Å². The van der Waals surface area contributed by atoms with Crippen LogP contribution in [0, 0.1) is 11.6 Å². The highest BCUT2D eigenvalue weighted by Crippen LogP contribution is 2.47. The molecular weight excluding hydrogens is 474 g/mol. The molecule has 0 fully saturated rings. The molecule has 1 aliphatic carbocycles. The molecule has 1 aliphatic rings. The molecule has 0 aliphatic heterocycles. The van der Waals surface area contributed by atoms with Crippen LogP contribution in [0.25, 0.3) is 22.6 Å². The van der Waals surface area contributed by atoms with Crippen LogP contribution >= 0.6 is 0 Å². The summed E-state index contributed by atoms with van der Waals surface area (Å²) in [7, 11) is 0. The van der Waals surface area contributed by atoms with Gasteiger partial charge in [-0.15, -0.1) is 5.10 Å². The van der Waals surface area contributed by atoms with E-state index >= 15 is 0 Å². The van der Waals surface area contributed by atoms with Crippen molar-refractivity contribution in [2.75, 3.05) is 0 Å². The topological polar surface area (TPSA) is 89.6 Å². The largest absolute Gasteiger partial charge is 0.389 e. The summed E-state index contributed by atoms with van der Waals surface area (Å²) >= 11 is 0. The second-order valence-electron chi connectivity index (χ2n) is 10.6. The van der Waals surface area contributed by atoms with Gasteiger partial charge in [-0.1, -0.05) is 13.0 Å². The summed E-state index contributed by atoms with van der Waals surface area (Å²) in [4.78, 5) is 9.38. The average Bonchev–Trinajstić information content (AvgIpc) is 3.31. The smallest absolute Gasteiger partial charge is 0.135 e. The van der Waals surface area contributed by atoms with E-state index in [-0.39, 0.29) is 17.2 Å². The second kappa shape index (κ2) is 9.37. The van der Waals surface area contributed by atoms with Gasteiger partial charge in [0, 0.05) is 12.4 Å². The van der Waals surface area contributed by atoms with Crippen LogP contribution in [-0.2, 0) is 12.0 Å². The monoisotopic (exact) mass is 504 g/mol. The van der Waals surface area contributed by atoms with Crippen LogP contribution < -0.4 is 0 Å². The van der Waals surface area contributed by atoms with E-state index in [0.29, 0.717) is 17.9 Å². The highest BCUT2D eigenvalue weighted by atomic mass is 19.1. The van der Waals surface area contributed by atoms with E-state index in [4.69, 9.17) is 4.98 Å². The summed E-state index contributed by atoms with van der Waals surface area (Å²) in [6.07, 6.45) is 7.73. The van der Waals surface area contributed by atoms with Gasteiger partial charge in [0.05, 0.1) is 46.4 Å². The molecule has 9 heteroatoms. The Morgan fingerprint density at radius 3 is 2.54 bits per heavy atom. The molecule has 0 unspecified atom stereocenters. The summed E-state index contributed by atoms with van der Waals surface area (Å²) in [5, 5.41) is 23.5. The minimum absolute atomic E-state index is 0.164. The summed E-state index contributed by atoms with van der Waals surface area (Å²) in [6.45, 7) is 7.98. The number of rotatable bonds is 6. The summed E-state index contributed by atoms with van der Waals surface area (Å²) in [5.41, 5.74) is 2.24. The first-order chi connectivity index (χ1) is 17.6. The van der Waals surface area contributed by atoms with Crippen molar-refractivity contribution in [3.63, 3.8) is 0 Å². The van der Waals surface area contributed by atoms with Gasteiger partial charge in [0.25, 0.3) is 0 Å². The lowest BCUT2D eigenvalue weighted by Gasteiger charge is -2.37. The molecule has 0 saturated heterocycles. The average molecular weight is 505 g/mol. The second-order valence-corrected chi connectivity index (χ2v) is 10.6. The Morgan fingerprint density at radius 1 is 1.08 bits per heavy atom. The van der Waals surface area contributed by atoms with Crippen LogP contribution in [-0.4, -0.2) is 40.7 Å². The zero-order chi connectivity index (χ0) is 26.4. The van der Waals surface area contributed by atoms with Crippen LogP contribution in [0.15, 0.2) is 48.9 Å². The molecular formula is C28H30F2N6O. The predicted molar refractivity (Wildman–Crippen MR) is 136 cm³/mol. The van der Waals surface area contributed by atoms with Crippen molar-refractivity contribution in [1.82, 2.24) is 29.9 Å². The van der Waals surface area contributed by atoms with Crippen molar-refractivity contribution in [2.24, 2.45) is 0 Å². The Labute approximate surface area is 214 Å². The van der Waals surface area contributed by atoms with E-state index in [1.54, 1.807) is 43.2 Å². The molecule has 3 heterocycles. The lowest BCUT2D eigenvalue weighted by atomic mass is 9.68. The van der Waals surface area contributed by atoms with Crippen molar-refractivity contribution in [3.8, 4) is 22.6 Å². The number of aliphatic hydroxyl groups is 1. The summed E-state index contributed by atoms with van der Waals surface area (Å²) in [5.74, 6) is -1.13. The van der Waals surface area contributed by atoms with Gasteiger partial charge in [-0.3, -0.25) is 9.67 Å². The fraction of sp³-hybridized carbons (Fsp3) is 0.393. The third-order valence-electron chi connectivity index (χ3n) is 7.14. The molecule has 0 amide bonds. The molecule has 0 radical (unpaired) electrons. The summed E-state index contributed by atoms with van der Waals surface area (Å²) < 4.78 is 30.7. The number of nitrogens with zero attached hydrogens (tertiary/aromatic N) is 6. The van der Waals surface area contributed by atoms with Crippen LogP contribution in [0.5, 0.6) is 0 Å². The predicted octanol–water partition coefficient (Wildman–Crippen LogP) is 5.44. The molecule has 37 heavy (non-hydrogen) atoms. The van der Waals surface area contributed by atoms with Crippen LogP contribution in [0.2, 0.25) is 0 Å². The number of aromatic nitrogens is 6. The maximum Gasteiger partial charge on any atom is 0.135 e. The van der Waals surface area contributed by atoms with E-state index in [0.717, 1.165) is 36.2 Å². The minimum Gasteiger partial charge on any atom is -0.389 e. The Bertz CT molecular complexity index is 1430. The maximum atomic E-state index is 14.5.